The van der Waals surface area contributed by atoms with Gasteiger partial charge in [-0.25, -0.2) is 0 Å². The highest BCUT2D eigenvalue weighted by Gasteiger charge is 2.19. The summed E-state index contributed by atoms with van der Waals surface area (Å²) in [6.45, 7) is 0.848. The van der Waals surface area contributed by atoms with E-state index in [9.17, 15) is 10.1 Å². The van der Waals surface area contributed by atoms with E-state index in [0.717, 1.165) is 5.75 Å². The van der Waals surface area contributed by atoms with Gasteiger partial charge in [-0.05, 0) is 24.3 Å². The number of nitrogens with zero attached hydrogens (tertiary/aromatic N) is 1. The molecule has 110 valence electrons. The first-order valence-corrected chi connectivity index (χ1v) is 6.45. The zero-order chi connectivity index (χ0) is 15.1. The van der Waals surface area contributed by atoms with Crippen LogP contribution in [-0.2, 0) is 0 Å². The van der Waals surface area contributed by atoms with Crippen molar-refractivity contribution in [1.29, 1.82) is 0 Å². The van der Waals surface area contributed by atoms with E-state index in [1.807, 2.05) is 30.3 Å². The van der Waals surface area contributed by atoms with Gasteiger partial charge in [0.25, 0.3) is 0 Å². The van der Waals surface area contributed by atoms with Gasteiger partial charge in [-0.3, -0.25) is 10.1 Å². The van der Waals surface area contributed by atoms with Gasteiger partial charge in [0.1, 0.15) is 18.0 Å². The topological polar surface area (TPSA) is 73.6 Å². The van der Waals surface area contributed by atoms with Gasteiger partial charge >= 0.3 is 5.69 Å². The van der Waals surface area contributed by atoms with E-state index < -0.39 is 4.92 Å². The van der Waals surface area contributed by atoms with E-state index in [2.05, 4.69) is 5.32 Å². The maximum Gasteiger partial charge on any atom is 0.333 e. The SMILES string of the molecule is COc1cccc(NCCOc2ccccc2)c1[N+](=O)[O-]. The lowest BCUT2D eigenvalue weighted by molar-refractivity contribution is -0.384. The summed E-state index contributed by atoms with van der Waals surface area (Å²) in [7, 11) is 1.41. The number of nitro groups is 1. The summed E-state index contributed by atoms with van der Waals surface area (Å²) < 4.78 is 10.5. The Labute approximate surface area is 122 Å². The molecule has 6 heteroatoms. The van der Waals surface area contributed by atoms with Crippen LogP contribution in [0.4, 0.5) is 11.4 Å². The van der Waals surface area contributed by atoms with Crippen LogP contribution in [0.3, 0.4) is 0 Å². The molecule has 0 saturated carbocycles. The number of para-hydroxylation sites is 2. The van der Waals surface area contributed by atoms with Gasteiger partial charge in [0.2, 0.25) is 0 Å². The minimum atomic E-state index is -0.459. The molecule has 0 amide bonds. The smallest absolute Gasteiger partial charge is 0.333 e. The molecular weight excluding hydrogens is 272 g/mol. The van der Waals surface area contributed by atoms with Crippen LogP contribution in [0.25, 0.3) is 0 Å². The molecule has 2 aromatic carbocycles. The number of hydrogen-bond donors (Lipinski definition) is 1. The van der Waals surface area contributed by atoms with Crippen LogP contribution in [0.15, 0.2) is 48.5 Å². The van der Waals surface area contributed by atoms with Gasteiger partial charge in [0.05, 0.1) is 12.0 Å². The molecule has 0 aliphatic carbocycles. The molecule has 21 heavy (non-hydrogen) atoms. The van der Waals surface area contributed by atoms with Gasteiger partial charge in [-0.15, -0.1) is 0 Å². The average Bonchev–Trinajstić information content (AvgIpc) is 2.52. The lowest BCUT2D eigenvalue weighted by Gasteiger charge is -2.10. The fraction of sp³-hybridized carbons (Fsp3) is 0.200. The van der Waals surface area contributed by atoms with E-state index in [-0.39, 0.29) is 11.4 Å². The Hall–Kier alpha value is -2.76. The minimum absolute atomic E-state index is 0.0697. The molecule has 0 fully saturated rings. The molecule has 0 aliphatic rings. The number of benzene rings is 2. The predicted molar refractivity (Wildman–Crippen MR) is 80.1 cm³/mol. The maximum absolute atomic E-state index is 11.1. The summed E-state index contributed by atoms with van der Waals surface area (Å²) in [4.78, 5) is 10.7. The number of nitro benzene ring substituents is 1. The number of anilines is 1. The molecule has 0 radical (unpaired) electrons. The van der Waals surface area contributed by atoms with E-state index in [0.29, 0.717) is 18.8 Å². The summed E-state index contributed by atoms with van der Waals surface area (Å²) in [5, 5.41) is 14.1. The molecule has 0 aromatic heterocycles. The maximum atomic E-state index is 11.1. The van der Waals surface area contributed by atoms with Crippen LogP contribution in [0, 0.1) is 10.1 Å². The summed E-state index contributed by atoms with van der Waals surface area (Å²) in [6.07, 6.45) is 0. The van der Waals surface area contributed by atoms with Gasteiger partial charge in [0.15, 0.2) is 5.75 Å². The lowest BCUT2D eigenvalue weighted by atomic mass is 10.2. The number of methoxy groups -OCH3 is 1. The first-order valence-electron chi connectivity index (χ1n) is 6.45. The first kappa shape index (κ1) is 14.6. The highest BCUT2D eigenvalue weighted by molar-refractivity contribution is 5.68. The second-order valence-corrected chi connectivity index (χ2v) is 4.20. The fourth-order valence-electron chi connectivity index (χ4n) is 1.89. The van der Waals surface area contributed by atoms with Crippen molar-refractivity contribution in [3.05, 3.63) is 58.6 Å². The average molecular weight is 288 g/mol. The predicted octanol–water partition coefficient (Wildman–Crippen LogP) is 3.09. The zero-order valence-corrected chi connectivity index (χ0v) is 11.6. The molecule has 6 nitrogen and oxygen atoms in total. The molecule has 2 aromatic rings. The van der Waals surface area contributed by atoms with Gasteiger partial charge in [-0.1, -0.05) is 24.3 Å². The second kappa shape index (κ2) is 7.14. The van der Waals surface area contributed by atoms with Crippen LogP contribution in [0.2, 0.25) is 0 Å². The number of ether oxygens (including phenoxy) is 2. The van der Waals surface area contributed by atoms with Crippen molar-refractivity contribution in [2.24, 2.45) is 0 Å². The van der Waals surface area contributed by atoms with Crippen molar-refractivity contribution in [2.75, 3.05) is 25.6 Å². The first-order chi connectivity index (χ1) is 10.2. The van der Waals surface area contributed by atoms with Crippen LogP contribution in [0.1, 0.15) is 0 Å². The highest BCUT2D eigenvalue weighted by Crippen LogP contribution is 2.34. The molecule has 0 aliphatic heterocycles. The van der Waals surface area contributed by atoms with E-state index in [4.69, 9.17) is 9.47 Å². The Balaban J connectivity index is 1.95. The number of hydrogen-bond acceptors (Lipinski definition) is 5. The zero-order valence-electron chi connectivity index (χ0n) is 11.6. The molecule has 0 bridgehead atoms. The van der Waals surface area contributed by atoms with Gasteiger partial charge in [-0.2, -0.15) is 0 Å². The Bertz CT molecular complexity index is 602. The van der Waals surface area contributed by atoms with E-state index >= 15 is 0 Å². The van der Waals surface area contributed by atoms with Crippen LogP contribution in [0.5, 0.6) is 11.5 Å². The molecule has 0 spiro atoms. The van der Waals surface area contributed by atoms with Crippen LogP contribution >= 0.6 is 0 Å². The van der Waals surface area contributed by atoms with Crippen molar-refractivity contribution in [3.63, 3.8) is 0 Å². The molecule has 0 unspecified atom stereocenters. The normalized spacial score (nSPS) is 9.95. The molecule has 0 saturated heterocycles. The Morgan fingerprint density at radius 1 is 1.14 bits per heavy atom. The lowest BCUT2D eigenvalue weighted by Crippen LogP contribution is -2.12. The van der Waals surface area contributed by atoms with Crippen molar-refractivity contribution in [2.45, 2.75) is 0 Å². The molecule has 0 atom stereocenters. The van der Waals surface area contributed by atoms with E-state index in [1.165, 1.54) is 7.11 Å². The van der Waals surface area contributed by atoms with Crippen LogP contribution < -0.4 is 14.8 Å². The Morgan fingerprint density at radius 2 is 1.90 bits per heavy atom. The third kappa shape index (κ3) is 3.85. The monoisotopic (exact) mass is 288 g/mol. The number of rotatable bonds is 7. The largest absolute Gasteiger partial charge is 0.492 e. The second-order valence-electron chi connectivity index (χ2n) is 4.20. The summed E-state index contributed by atoms with van der Waals surface area (Å²) in [5.74, 6) is 0.994. The summed E-state index contributed by atoms with van der Waals surface area (Å²) in [5.41, 5.74) is 0.343. The minimum Gasteiger partial charge on any atom is -0.492 e. The van der Waals surface area contributed by atoms with E-state index in [1.54, 1.807) is 18.2 Å². The molecule has 2 rings (SSSR count). The third-order valence-electron chi connectivity index (χ3n) is 2.83. The standard InChI is InChI=1S/C15H16N2O4/c1-20-14-9-5-8-13(15(14)17(18)19)16-10-11-21-12-6-3-2-4-7-12/h2-9,16H,10-11H2,1H3. The molecule has 0 heterocycles. The van der Waals surface area contributed by atoms with Crippen molar-refractivity contribution in [3.8, 4) is 11.5 Å². The third-order valence-corrected chi connectivity index (χ3v) is 2.83. The van der Waals surface area contributed by atoms with Gasteiger partial charge < -0.3 is 14.8 Å². The van der Waals surface area contributed by atoms with Crippen molar-refractivity contribution < 1.29 is 14.4 Å². The summed E-state index contributed by atoms with van der Waals surface area (Å²) in [6, 6.07) is 14.3. The van der Waals surface area contributed by atoms with Gasteiger partial charge in [0, 0.05) is 6.54 Å². The van der Waals surface area contributed by atoms with Crippen molar-refractivity contribution >= 4 is 11.4 Å². The fourth-order valence-corrected chi connectivity index (χ4v) is 1.89. The van der Waals surface area contributed by atoms with Crippen molar-refractivity contribution in [1.82, 2.24) is 0 Å². The highest BCUT2D eigenvalue weighted by atomic mass is 16.6. The summed E-state index contributed by atoms with van der Waals surface area (Å²) >= 11 is 0. The Kier molecular flexibility index (Phi) is 4.98. The Morgan fingerprint density at radius 3 is 2.57 bits per heavy atom. The molecular formula is C15H16N2O4. The van der Waals surface area contributed by atoms with Crippen LogP contribution in [-0.4, -0.2) is 25.2 Å². The number of nitrogens with one attached hydrogen (secondary N) is 1. The quantitative estimate of drug-likeness (QED) is 0.481. The molecule has 1 N–H and O–H groups in total.